The zero-order valence-corrected chi connectivity index (χ0v) is 9.98. The molecular formula is C14H21N. The molecule has 0 aromatic heterocycles. The summed E-state index contributed by atoms with van der Waals surface area (Å²) in [5.74, 6) is 1.52. The van der Waals surface area contributed by atoms with Crippen LogP contribution in [0.25, 0.3) is 0 Å². The van der Waals surface area contributed by atoms with Crippen molar-refractivity contribution >= 4 is 0 Å². The van der Waals surface area contributed by atoms with Gasteiger partial charge < -0.3 is 4.90 Å². The molecule has 0 saturated carbocycles. The first-order chi connectivity index (χ1) is 7.18. The largest absolute Gasteiger partial charge is 0.300 e. The minimum atomic E-state index is 0.682. The van der Waals surface area contributed by atoms with E-state index >= 15 is 0 Å². The van der Waals surface area contributed by atoms with Crippen LogP contribution in [-0.2, 0) is 0 Å². The van der Waals surface area contributed by atoms with Gasteiger partial charge >= 0.3 is 0 Å². The molecule has 0 bridgehead atoms. The van der Waals surface area contributed by atoms with Crippen LogP contribution in [0, 0.1) is 5.92 Å². The van der Waals surface area contributed by atoms with E-state index in [1.54, 1.807) is 0 Å². The van der Waals surface area contributed by atoms with Crippen LogP contribution in [0.4, 0.5) is 0 Å². The predicted molar refractivity (Wildman–Crippen MR) is 65.1 cm³/mol. The maximum absolute atomic E-state index is 2.59. The molecule has 1 aliphatic heterocycles. The summed E-state index contributed by atoms with van der Waals surface area (Å²) in [5.41, 5.74) is 1.51. The third kappa shape index (κ3) is 2.23. The Bertz CT molecular complexity index is 304. The first kappa shape index (κ1) is 10.7. The molecule has 82 valence electrons. The van der Waals surface area contributed by atoms with Gasteiger partial charge in [-0.25, -0.2) is 0 Å². The molecule has 0 aliphatic carbocycles. The number of benzene rings is 1. The third-order valence-corrected chi connectivity index (χ3v) is 3.60. The highest BCUT2D eigenvalue weighted by atomic mass is 15.2. The Morgan fingerprint density at radius 3 is 2.33 bits per heavy atom. The van der Waals surface area contributed by atoms with Crippen molar-refractivity contribution in [3.8, 4) is 0 Å². The molecule has 1 heterocycles. The number of likely N-dealkylation sites (tertiary alicyclic amines) is 1. The SMILES string of the molecule is CC(C)N1C[C@@H](C)[C@H](c2ccccc2)C1. The van der Waals surface area contributed by atoms with Crippen LogP contribution >= 0.6 is 0 Å². The molecule has 1 aromatic rings. The van der Waals surface area contributed by atoms with E-state index in [4.69, 9.17) is 0 Å². The zero-order valence-electron chi connectivity index (χ0n) is 9.98. The summed E-state index contributed by atoms with van der Waals surface area (Å²) < 4.78 is 0. The van der Waals surface area contributed by atoms with Crippen LogP contribution < -0.4 is 0 Å². The zero-order chi connectivity index (χ0) is 10.8. The van der Waals surface area contributed by atoms with Crippen LogP contribution in [0.5, 0.6) is 0 Å². The Balaban J connectivity index is 2.12. The van der Waals surface area contributed by atoms with Crippen molar-refractivity contribution in [1.29, 1.82) is 0 Å². The molecule has 1 aliphatic rings. The van der Waals surface area contributed by atoms with Crippen LogP contribution in [-0.4, -0.2) is 24.0 Å². The van der Waals surface area contributed by atoms with Gasteiger partial charge in [-0.3, -0.25) is 0 Å². The van der Waals surface area contributed by atoms with E-state index in [1.807, 2.05) is 0 Å². The van der Waals surface area contributed by atoms with Gasteiger partial charge in [-0.15, -0.1) is 0 Å². The average molecular weight is 203 g/mol. The first-order valence-electron chi connectivity index (χ1n) is 5.97. The Morgan fingerprint density at radius 1 is 1.13 bits per heavy atom. The highest BCUT2D eigenvalue weighted by molar-refractivity contribution is 5.22. The molecule has 1 nitrogen and oxygen atoms in total. The molecule has 0 amide bonds. The van der Waals surface area contributed by atoms with E-state index in [9.17, 15) is 0 Å². The molecule has 2 atom stereocenters. The van der Waals surface area contributed by atoms with E-state index in [0.29, 0.717) is 6.04 Å². The molecule has 0 unspecified atom stereocenters. The smallest absolute Gasteiger partial charge is 0.00561 e. The third-order valence-electron chi connectivity index (χ3n) is 3.60. The molecule has 15 heavy (non-hydrogen) atoms. The van der Waals surface area contributed by atoms with Crippen LogP contribution in [0.1, 0.15) is 32.3 Å². The normalized spacial score (nSPS) is 27.5. The lowest BCUT2D eigenvalue weighted by Gasteiger charge is -2.20. The molecule has 0 spiro atoms. The van der Waals surface area contributed by atoms with Gasteiger partial charge in [0.25, 0.3) is 0 Å². The molecule has 1 heteroatoms. The van der Waals surface area contributed by atoms with Gasteiger partial charge in [0.2, 0.25) is 0 Å². The van der Waals surface area contributed by atoms with Crippen molar-refractivity contribution in [2.24, 2.45) is 5.92 Å². The fraction of sp³-hybridized carbons (Fsp3) is 0.571. The predicted octanol–water partition coefficient (Wildman–Crippen LogP) is 3.13. The fourth-order valence-corrected chi connectivity index (χ4v) is 2.56. The van der Waals surface area contributed by atoms with Gasteiger partial charge in [-0.1, -0.05) is 37.3 Å². The second kappa shape index (κ2) is 4.36. The molecule has 0 radical (unpaired) electrons. The summed E-state index contributed by atoms with van der Waals surface area (Å²) in [6.45, 7) is 9.43. The summed E-state index contributed by atoms with van der Waals surface area (Å²) in [6.07, 6.45) is 0. The molecule has 2 rings (SSSR count). The van der Waals surface area contributed by atoms with Crippen molar-refractivity contribution in [1.82, 2.24) is 4.90 Å². The second-order valence-corrected chi connectivity index (χ2v) is 5.04. The molecular weight excluding hydrogens is 182 g/mol. The van der Waals surface area contributed by atoms with Crippen molar-refractivity contribution < 1.29 is 0 Å². The van der Waals surface area contributed by atoms with E-state index in [2.05, 4.69) is 56.0 Å². The highest BCUT2D eigenvalue weighted by Gasteiger charge is 2.31. The van der Waals surface area contributed by atoms with Gasteiger partial charge in [-0.05, 0) is 25.3 Å². The van der Waals surface area contributed by atoms with E-state index in [0.717, 1.165) is 11.8 Å². The summed E-state index contributed by atoms with van der Waals surface area (Å²) in [4.78, 5) is 2.59. The number of hydrogen-bond acceptors (Lipinski definition) is 1. The van der Waals surface area contributed by atoms with E-state index in [1.165, 1.54) is 18.7 Å². The summed E-state index contributed by atoms with van der Waals surface area (Å²) >= 11 is 0. The van der Waals surface area contributed by atoms with Crippen molar-refractivity contribution in [2.75, 3.05) is 13.1 Å². The van der Waals surface area contributed by atoms with Crippen molar-refractivity contribution in [3.05, 3.63) is 35.9 Å². The maximum Gasteiger partial charge on any atom is 0.00561 e. The fourth-order valence-electron chi connectivity index (χ4n) is 2.56. The lowest BCUT2D eigenvalue weighted by Crippen LogP contribution is -2.28. The van der Waals surface area contributed by atoms with Crippen LogP contribution in [0.3, 0.4) is 0 Å². The number of rotatable bonds is 2. The molecule has 1 fully saturated rings. The molecule has 1 saturated heterocycles. The molecule has 1 aromatic carbocycles. The lowest BCUT2D eigenvalue weighted by atomic mass is 9.90. The Kier molecular flexibility index (Phi) is 3.11. The number of nitrogens with zero attached hydrogens (tertiary/aromatic N) is 1. The summed E-state index contributed by atoms with van der Waals surface area (Å²) in [6, 6.07) is 11.6. The van der Waals surface area contributed by atoms with Gasteiger partial charge in [0.1, 0.15) is 0 Å². The standard InChI is InChI=1S/C14H21N/c1-11(2)15-9-12(3)14(10-15)13-7-5-4-6-8-13/h4-8,11-12,14H,9-10H2,1-3H3/t12-,14-/m1/s1. The molecule has 0 N–H and O–H groups in total. The van der Waals surface area contributed by atoms with E-state index < -0.39 is 0 Å². The maximum atomic E-state index is 2.59. The monoisotopic (exact) mass is 203 g/mol. The van der Waals surface area contributed by atoms with Crippen LogP contribution in [0.15, 0.2) is 30.3 Å². The Hall–Kier alpha value is -0.820. The van der Waals surface area contributed by atoms with Crippen molar-refractivity contribution in [3.63, 3.8) is 0 Å². The van der Waals surface area contributed by atoms with Gasteiger partial charge in [0, 0.05) is 25.0 Å². The Morgan fingerprint density at radius 2 is 1.80 bits per heavy atom. The minimum Gasteiger partial charge on any atom is -0.300 e. The van der Waals surface area contributed by atoms with Gasteiger partial charge in [0.15, 0.2) is 0 Å². The average Bonchev–Trinajstić information content (AvgIpc) is 2.62. The summed E-state index contributed by atoms with van der Waals surface area (Å²) in [5, 5.41) is 0. The van der Waals surface area contributed by atoms with Crippen molar-refractivity contribution in [2.45, 2.75) is 32.7 Å². The second-order valence-electron chi connectivity index (χ2n) is 5.04. The minimum absolute atomic E-state index is 0.682. The summed E-state index contributed by atoms with van der Waals surface area (Å²) in [7, 11) is 0. The topological polar surface area (TPSA) is 3.24 Å². The quantitative estimate of drug-likeness (QED) is 0.714. The Labute approximate surface area is 93.1 Å². The van der Waals surface area contributed by atoms with E-state index in [-0.39, 0.29) is 0 Å². The van der Waals surface area contributed by atoms with Crippen LogP contribution in [0.2, 0.25) is 0 Å². The highest BCUT2D eigenvalue weighted by Crippen LogP contribution is 2.32. The lowest BCUT2D eigenvalue weighted by molar-refractivity contribution is 0.266. The van der Waals surface area contributed by atoms with Gasteiger partial charge in [-0.2, -0.15) is 0 Å². The van der Waals surface area contributed by atoms with Gasteiger partial charge in [0.05, 0.1) is 0 Å². The number of hydrogen-bond donors (Lipinski definition) is 0. The first-order valence-corrected chi connectivity index (χ1v) is 5.97.